The quantitative estimate of drug-likeness (QED) is 0.835. The van der Waals surface area contributed by atoms with E-state index in [-0.39, 0.29) is 0 Å². The van der Waals surface area contributed by atoms with Crippen molar-refractivity contribution in [2.24, 2.45) is 11.7 Å². The molecule has 1 aromatic rings. The third-order valence-electron chi connectivity index (χ3n) is 4.50. The van der Waals surface area contributed by atoms with Crippen molar-refractivity contribution in [2.45, 2.75) is 63.8 Å². The van der Waals surface area contributed by atoms with Crippen molar-refractivity contribution in [1.29, 1.82) is 0 Å². The monoisotopic (exact) mass is 249 g/mol. The number of fused-ring (bicyclic) bond motifs is 1. The summed E-state index contributed by atoms with van der Waals surface area (Å²) < 4.78 is 0. The van der Waals surface area contributed by atoms with E-state index in [0.717, 1.165) is 5.92 Å². The lowest BCUT2D eigenvalue weighted by Crippen LogP contribution is -2.22. The Morgan fingerprint density at radius 3 is 2.59 bits per heavy atom. The Balaban J connectivity index is 1.76. The summed E-state index contributed by atoms with van der Waals surface area (Å²) in [5.41, 5.74) is 8.11. The molecule has 0 aromatic carbocycles. The summed E-state index contributed by atoms with van der Waals surface area (Å²) in [5.74, 6) is 0.754. The van der Waals surface area contributed by atoms with Gasteiger partial charge in [0.05, 0.1) is 0 Å². The molecule has 3 rings (SSSR count). The van der Waals surface area contributed by atoms with Gasteiger partial charge in [0.25, 0.3) is 0 Å². The molecule has 1 atom stereocenters. The van der Waals surface area contributed by atoms with Gasteiger partial charge in [0.15, 0.2) is 0 Å². The molecular weight excluding hydrogens is 226 g/mol. The van der Waals surface area contributed by atoms with Gasteiger partial charge in [0.1, 0.15) is 0 Å². The van der Waals surface area contributed by atoms with Crippen LogP contribution in [0.2, 0.25) is 0 Å². The molecule has 2 aliphatic carbocycles. The zero-order chi connectivity index (χ0) is 11.7. The Morgan fingerprint density at radius 2 is 1.82 bits per heavy atom. The molecule has 2 heteroatoms. The highest BCUT2D eigenvalue weighted by molar-refractivity contribution is 7.12. The van der Waals surface area contributed by atoms with Crippen LogP contribution < -0.4 is 5.73 Å². The number of rotatable bonds is 2. The molecule has 0 aliphatic heterocycles. The van der Waals surface area contributed by atoms with Crippen LogP contribution in [-0.4, -0.2) is 0 Å². The summed E-state index contributed by atoms with van der Waals surface area (Å²) in [6.07, 6.45) is 12.3. The molecule has 1 saturated carbocycles. The molecule has 1 fully saturated rings. The van der Waals surface area contributed by atoms with Crippen LogP contribution in [0.5, 0.6) is 0 Å². The first kappa shape index (κ1) is 11.7. The standard InChI is InChI=1S/C15H23NS/c16-15(11-6-2-1-3-7-11)14-10-12-8-4-5-9-13(12)17-14/h10-11,15H,1-9,16H2. The van der Waals surface area contributed by atoms with Crippen LogP contribution in [0.4, 0.5) is 0 Å². The Bertz CT molecular complexity index is 353. The molecule has 0 spiro atoms. The lowest BCUT2D eigenvalue weighted by molar-refractivity contribution is 0.310. The lowest BCUT2D eigenvalue weighted by Gasteiger charge is -2.26. The number of hydrogen-bond acceptors (Lipinski definition) is 2. The SMILES string of the molecule is NC(c1cc2c(s1)CCCC2)C1CCCCC1. The molecule has 2 N–H and O–H groups in total. The van der Waals surface area contributed by atoms with Crippen molar-refractivity contribution in [3.8, 4) is 0 Å². The van der Waals surface area contributed by atoms with E-state index >= 15 is 0 Å². The Labute approximate surface area is 108 Å². The summed E-state index contributed by atoms with van der Waals surface area (Å²) in [5, 5.41) is 0. The van der Waals surface area contributed by atoms with Crippen LogP contribution >= 0.6 is 11.3 Å². The molecule has 17 heavy (non-hydrogen) atoms. The molecule has 1 heterocycles. The largest absolute Gasteiger partial charge is 0.323 e. The first-order valence-corrected chi connectivity index (χ1v) is 8.03. The fourth-order valence-electron chi connectivity index (χ4n) is 3.40. The maximum absolute atomic E-state index is 6.49. The second kappa shape index (κ2) is 5.11. The maximum atomic E-state index is 6.49. The minimum Gasteiger partial charge on any atom is -0.323 e. The predicted octanol–water partition coefficient (Wildman–Crippen LogP) is 4.21. The molecule has 0 amide bonds. The van der Waals surface area contributed by atoms with Gasteiger partial charge in [-0.3, -0.25) is 0 Å². The Hall–Kier alpha value is -0.340. The van der Waals surface area contributed by atoms with E-state index in [1.54, 1.807) is 10.4 Å². The minimum atomic E-state index is 0.325. The molecule has 1 nitrogen and oxygen atoms in total. The average Bonchev–Trinajstić information content (AvgIpc) is 2.82. The molecule has 0 saturated heterocycles. The van der Waals surface area contributed by atoms with E-state index < -0.39 is 0 Å². The summed E-state index contributed by atoms with van der Waals surface area (Å²) in [6.45, 7) is 0. The van der Waals surface area contributed by atoms with Gasteiger partial charge >= 0.3 is 0 Å². The van der Waals surface area contributed by atoms with Gasteiger partial charge < -0.3 is 5.73 Å². The van der Waals surface area contributed by atoms with Crippen LogP contribution in [0.3, 0.4) is 0 Å². The highest BCUT2D eigenvalue weighted by atomic mass is 32.1. The fourth-order valence-corrected chi connectivity index (χ4v) is 4.76. The molecule has 94 valence electrons. The zero-order valence-corrected chi connectivity index (χ0v) is 11.4. The van der Waals surface area contributed by atoms with Crippen LogP contribution in [0.25, 0.3) is 0 Å². The van der Waals surface area contributed by atoms with Crippen LogP contribution in [-0.2, 0) is 12.8 Å². The van der Waals surface area contributed by atoms with Crippen LogP contribution in [0.1, 0.15) is 66.3 Å². The van der Waals surface area contributed by atoms with Crippen molar-refractivity contribution < 1.29 is 0 Å². The number of aryl methyl sites for hydroxylation is 2. The highest BCUT2D eigenvalue weighted by Gasteiger charge is 2.24. The molecule has 0 radical (unpaired) electrons. The number of nitrogens with two attached hydrogens (primary N) is 1. The molecule has 2 aliphatic rings. The predicted molar refractivity (Wildman–Crippen MR) is 74.5 cm³/mol. The van der Waals surface area contributed by atoms with E-state index in [0.29, 0.717) is 6.04 Å². The van der Waals surface area contributed by atoms with Crippen LogP contribution in [0, 0.1) is 5.92 Å². The van der Waals surface area contributed by atoms with E-state index in [2.05, 4.69) is 6.07 Å². The van der Waals surface area contributed by atoms with Gasteiger partial charge in [-0.1, -0.05) is 19.3 Å². The second-order valence-corrected chi connectivity index (χ2v) is 6.90. The second-order valence-electron chi connectivity index (χ2n) is 5.73. The Kier molecular flexibility index (Phi) is 3.53. The van der Waals surface area contributed by atoms with E-state index in [1.807, 2.05) is 11.3 Å². The smallest absolute Gasteiger partial charge is 0.0418 e. The van der Waals surface area contributed by atoms with Crippen molar-refractivity contribution in [3.63, 3.8) is 0 Å². The third-order valence-corrected chi connectivity index (χ3v) is 5.84. The van der Waals surface area contributed by atoms with Gasteiger partial charge in [-0.05, 0) is 56.1 Å². The molecule has 0 bridgehead atoms. The van der Waals surface area contributed by atoms with Crippen molar-refractivity contribution in [1.82, 2.24) is 0 Å². The van der Waals surface area contributed by atoms with Gasteiger partial charge in [-0.25, -0.2) is 0 Å². The van der Waals surface area contributed by atoms with Gasteiger partial charge in [-0.15, -0.1) is 11.3 Å². The summed E-state index contributed by atoms with van der Waals surface area (Å²) in [4.78, 5) is 3.11. The molecule has 1 unspecified atom stereocenters. The summed E-state index contributed by atoms with van der Waals surface area (Å²) in [7, 11) is 0. The topological polar surface area (TPSA) is 26.0 Å². The third kappa shape index (κ3) is 2.43. The number of thiophene rings is 1. The van der Waals surface area contributed by atoms with Crippen molar-refractivity contribution >= 4 is 11.3 Å². The van der Waals surface area contributed by atoms with Crippen molar-refractivity contribution in [3.05, 3.63) is 21.4 Å². The normalized spacial score (nSPS) is 23.4. The summed E-state index contributed by atoms with van der Waals surface area (Å²) >= 11 is 2.01. The molecule has 1 aromatic heterocycles. The Morgan fingerprint density at radius 1 is 1.06 bits per heavy atom. The fraction of sp³-hybridized carbons (Fsp3) is 0.733. The highest BCUT2D eigenvalue weighted by Crippen LogP contribution is 2.38. The minimum absolute atomic E-state index is 0.325. The zero-order valence-electron chi connectivity index (χ0n) is 10.6. The summed E-state index contributed by atoms with van der Waals surface area (Å²) in [6, 6.07) is 2.75. The van der Waals surface area contributed by atoms with Gasteiger partial charge in [0.2, 0.25) is 0 Å². The lowest BCUT2D eigenvalue weighted by atomic mass is 9.83. The van der Waals surface area contributed by atoms with Gasteiger partial charge in [0, 0.05) is 15.8 Å². The first-order valence-electron chi connectivity index (χ1n) is 7.21. The van der Waals surface area contributed by atoms with E-state index in [9.17, 15) is 0 Å². The number of hydrogen-bond donors (Lipinski definition) is 1. The van der Waals surface area contributed by atoms with Crippen LogP contribution in [0.15, 0.2) is 6.07 Å². The van der Waals surface area contributed by atoms with Crippen molar-refractivity contribution in [2.75, 3.05) is 0 Å². The average molecular weight is 249 g/mol. The van der Waals surface area contributed by atoms with E-state index in [4.69, 9.17) is 5.73 Å². The van der Waals surface area contributed by atoms with E-state index in [1.165, 1.54) is 62.7 Å². The van der Waals surface area contributed by atoms with Gasteiger partial charge in [-0.2, -0.15) is 0 Å². The maximum Gasteiger partial charge on any atom is 0.0418 e. The molecular formula is C15H23NS. The first-order chi connectivity index (χ1) is 8.34.